The van der Waals surface area contributed by atoms with Crippen LogP contribution in [-0.2, 0) is 4.79 Å². The average Bonchev–Trinajstić information content (AvgIpc) is 2.63. The van der Waals surface area contributed by atoms with Crippen molar-refractivity contribution in [3.63, 3.8) is 0 Å². The van der Waals surface area contributed by atoms with Crippen LogP contribution in [0.4, 0.5) is 0 Å². The third-order valence-corrected chi connectivity index (χ3v) is 5.21. The van der Waals surface area contributed by atoms with Crippen LogP contribution in [0.25, 0.3) is 0 Å². The molecule has 2 N–H and O–H groups in total. The molecule has 0 spiro atoms. The van der Waals surface area contributed by atoms with Gasteiger partial charge in [-0.1, -0.05) is 103 Å². The first-order valence-corrected chi connectivity index (χ1v) is 11.7. The van der Waals surface area contributed by atoms with Crippen LogP contribution in [0.5, 0.6) is 0 Å². The summed E-state index contributed by atoms with van der Waals surface area (Å²) in [5.41, 5.74) is 0. The van der Waals surface area contributed by atoms with Crippen LogP contribution in [0.15, 0.2) is 12.2 Å². The van der Waals surface area contributed by atoms with Crippen LogP contribution >= 0.6 is 0 Å². The van der Waals surface area contributed by atoms with E-state index < -0.39 is 12.1 Å². The summed E-state index contributed by atoms with van der Waals surface area (Å²) < 4.78 is 0. The van der Waals surface area contributed by atoms with Crippen LogP contribution in [0.2, 0.25) is 0 Å². The summed E-state index contributed by atoms with van der Waals surface area (Å²) in [5.74, 6) is -0.905. The van der Waals surface area contributed by atoms with Gasteiger partial charge in [0.05, 0.1) is 12.5 Å². The molecule has 0 aromatic heterocycles. The molecule has 0 rings (SSSR count). The van der Waals surface area contributed by atoms with Crippen molar-refractivity contribution in [3.8, 4) is 0 Å². The van der Waals surface area contributed by atoms with Gasteiger partial charge >= 0.3 is 5.97 Å². The summed E-state index contributed by atoms with van der Waals surface area (Å²) in [6, 6.07) is 0. The summed E-state index contributed by atoms with van der Waals surface area (Å²) in [6.45, 7) is 2.26. The van der Waals surface area contributed by atoms with E-state index in [1.54, 1.807) is 0 Å². The SMILES string of the molecule is CCCCC/C=C\CCCCCCCCCCCCCC[C@@H](O)CC(=O)O. The molecule has 0 amide bonds. The fraction of sp³-hybridized carbons (Fsp3) is 0.875. The van der Waals surface area contributed by atoms with Crippen molar-refractivity contribution in [2.75, 3.05) is 0 Å². The van der Waals surface area contributed by atoms with Gasteiger partial charge in [0.15, 0.2) is 0 Å². The highest BCUT2D eigenvalue weighted by Gasteiger charge is 2.08. The Kier molecular flexibility index (Phi) is 20.8. The molecule has 0 aliphatic carbocycles. The number of aliphatic hydroxyl groups excluding tert-OH is 1. The van der Waals surface area contributed by atoms with Crippen molar-refractivity contribution in [2.24, 2.45) is 0 Å². The summed E-state index contributed by atoms with van der Waals surface area (Å²) in [7, 11) is 0. The van der Waals surface area contributed by atoms with Crippen molar-refractivity contribution >= 4 is 5.97 Å². The van der Waals surface area contributed by atoms with E-state index in [2.05, 4.69) is 19.1 Å². The maximum Gasteiger partial charge on any atom is 0.305 e. The number of hydrogen-bond acceptors (Lipinski definition) is 2. The first-order valence-electron chi connectivity index (χ1n) is 11.7. The van der Waals surface area contributed by atoms with Crippen LogP contribution in [0, 0.1) is 0 Å². The lowest BCUT2D eigenvalue weighted by atomic mass is 10.0. The Morgan fingerprint density at radius 2 is 1.11 bits per heavy atom. The quantitative estimate of drug-likeness (QED) is 0.160. The molecule has 0 aliphatic rings. The molecule has 0 heterocycles. The normalized spacial score (nSPS) is 12.7. The van der Waals surface area contributed by atoms with E-state index in [0.717, 1.165) is 12.8 Å². The van der Waals surface area contributed by atoms with E-state index in [9.17, 15) is 9.90 Å². The molecule has 0 unspecified atom stereocenters. The molecule has 0 aromatic rings. The number of carbonyl (C=O) groups is 1. The van der Waals surface area contributed by atoms with Gasteiger partial charge in [0.2, 0.25) is 0 Å². The Balaban J connectivity index is 3.12. The van der Waals surface area contributed by atoms with Crippen molar-refractivity contribution in [1.29, 1.82) is 0 Å². The first kappa shape index (κ1) is 26.2. The Bertz CT molecular complexity index is 339. The molecule has 160 valence electrons. The van der Waals surface area contributed by atoms with Crippen molar-refractivity contribution in [1.82, 2.24) is 0 Å². The second-order valence-electron chi connectivity index (χ2n) is 8.04. The van der Waals surface area contributed by atoms with Crippen molar-refractivity contribution < 1.29 is 15.0 Å². The molecule has 0 aliphatic heterocycles. The molecular weight excluding hydrogens is 336 g/mol. The maximum absolute atomic E-state index is 10.4. The predicted octanol–water partition coefficient (Wildman–Crippen LogP) is 7.42. The smallest absolute Gasteiger partial charge is 0.305 e. The number of hydrogen-bond donors (Lipinski definition) is 2. The maximum atomic E-state index is 10.4. The molecule has 0 fully saturated rings. The van der Waals surface area contributed by atoms with E-state index in [1.807, 2.05) is 0 Å². The van der Waals surface area contributed by atoms with E-state index in [0.29, 0.717) is 6.42 Å². The van der Waals surface area contributed by atoms with Crippen LogP contribution < -0.4 is 0 Å². The van der Waals surface area contributed by atoms with Crippen LogP contribution in [-0.4, -0.2) is 22.3 Å². The Hall–Kier alpha value is -0.830. The first-order chi connectivity index (χ1) is 13.2. The largest absolute Gasteiger partial charge is 0.481 e. The van der Waals surface area contributed by atoms with Gasteiger partial charge in [0.1, 0.15) is 0 Å². The second-order valence-corrected chi connectivity index (χ2v) is 8.04. The number of allylic oxidation sites excluding steroid dienone is 2. The molecule has 0 radical (unpaired) electrons. The lowest BCUT2D eigenvalue weighted by molar-refractivity contribution is -0.139. The standard InChI is InChI=1S/C24H46O3/c1-2-3-4-5-6-7-8-9-10-11-12-13-14-15-16-17-18-19-20-21-23(25)22-24(26)27/h6-7,23,25H,2-5,8-22H2,1H3,(H,26,27)/b7-6-/t23-/m1/s1. The molecule has 3 nitrogen and oxygen atoms in total. The monoisotopic (exact) mass is 382 g/mol. The van der Waals surface area contributed by atoms with Gasteiger partial charge in [0.25, 0.3) is 0 Å². The Morgan fingerprint density at radius 1 is 0.704 bits per heavy atom. The third-order valence-electron chi connectivity index (χ3n) is 5.21. The number of aliphatic hydroxyl groups is 1. The van der Waals surface area contributed by atoms with E-state index in [4.69, 9.17) is 5.11 Å². The average molecular weight is 383 g/mol. The van der Waals surface area contributed by atoms with Gasteiger partial charge < -0.3 is 10.2 Å². The topological polar surface area (TPSA) is 57.5 Å². The number of unbranched alkanes of at least 4 members (excludes halogenated alkanes) is 15. The van der Waals surface area contributed by atoms with Gasteiger partial charge in [-0.2, -0.15) is 0 Å². The van der Waals surface area contributed by atoms with E-state index >= 15 is 0 Å². The van der Waals surface area contributed by atoms with Crippen LogP contribution in [0.3, 0.4) is 0 Å². The highest BCUT2D eigenvalue weighted by molar-refractivity contribution is 5.67. The fourth-order valence-corrected chi connectivity index (χ4v) is 3.46. The Morgan fingerprint density at radius 3 is 1.56 bits per heavy atom. The summed E-state index contributed by atoms with van der Waals surface area (Å²) in [5, 5.41) is 18.1. The highest BCUT2D eigenvalue weighted by atomic mass is 16.4. The molecule has 0 aromatic carbocycles. The number of rotatable bonds is 21. The van der Waals surface area contributed by atoms with Gasteiger partial charge in [0, 0.05) is 0 Å². The Labute approximate surface area is 168 Å². The van der Waals surface area contributed by atoms with Gasteiger partial charge in [-0.05, 0) is 32.1 Å². The second kappa shape index (κ2) is 21.5. The molecule has 0 bridgehead atoms. The molecule has 0 saturated heterocycles. The molecule has 1 atom stereocenters. The van der Waals surface area contributed by atoms with E-state index in [-0.39, 0.29) is 6.42 Å². The minimum atomic E-state index is -0.905. The van der Waals surface area contributed by atoms with Crippen LogP contribution in [0.1, 0.15) is 129 Å². The third kappa shape index (κ3) is 23.1. The van der Waals surface area contributed by atoms with Gasteiger partial charge in [-0.15, -0.1) is 0 Å². The zero-order valence-corrected chi connectivity index (χ0v) is 18.0. The molecule has 0 saturated carbocycles. The highest BCUT2D eigenvalue weighted by Crippen LogP contribution is 2.14. The van der Waals surface area contributed by atoms with Gasteiger partial charge in [-0.3, -0.25) is 4.79 Å². The fourth-order valence-electron chi connectivity index (χ4n) is 3.46. The zero-order chi connectivity index (χ0) is 20.0. The minimum absolute atomic E-state index is 0.115. The number of aliphatic carboxylic acids is 1. The molecule has 27 heavy (non-hydrogen) atoms. The molecular formula is C24H46O3. The van der Waals surface area contributed by atoms with Crippen molar-refractivity contribution in [3.05, 3.63) is 12.2 Å². The predicted molar refractivity (Wildman–Crippen MR) is 116 cm³/mol. The summed E-state index contributed by atoms with van der Waals surface area (Å²) >= 11 is 0. The number of carboxylic acids is 1. The van der Waals surface area contributed by atoms with Crippen molar-refractivity contribution in [2.45, 2.75) is 135 Å². The zero-order valence-electron chi connectivity index (χ0n) is 18.0. The minimum Gasteiger partial charge on any atom is -0.481 e. The number of carboxylic acid groups (broad SMARTS) is 1. The molecule has 3 heteroatoms. The van der Waals surface area contributed by atoms with E-state index in [1.165, 1.54) is 96.3 Å². The lowest BCUT2D eigenvalue weighted by Crippen LogP contribution is -2.12. The summed E-state index contributed by atoms with van der Waals surface area (Å²) in [6.07, 6.45) is 26.6. The summed E-state index contributed by atoms with van der Waals surface area (Å²) in [4.78, 5) is 10.4. The van der Waals surface area contributed by atoms with Gasteiger partial charge in [-0.25, -0.2) is 0 Å². The lowest BCUT2D eigenvalue weighted by Gasteiger charge is -2.07.